The first-order valence-corrected chi connectivity index (χ1v) is 4.96. The second kappa shape index (κ2) is 4.62. The summed E-state index contributed by atoms with van der Waals surface area (Å²) in [5.41, 5.74) is 0.502. The maximum atomic E-state index is 10.9. The zero-order chi connectivity index (χ0) is 13.1. The molecule has 1 amide bonds. The van der Waals surface area contributed by atoms with Crippen LogP contribution in [0, 0.1) is 10.1 Å². The maximum absolute atomic E-state index is 10.9. The molecule has 2 rings (SSSR count). The Morgan fingerprint density at radius 3 is 2.83 bits per heavy atom. The molecular formula is C10H9N5O3. The van der Waals surface area contributed by atoms with Gasteiger partial charge in [-0.25, -0.2) is 0 Å². The van der Waals surface area contributed by atoms with Crippen molar-refractivity contribution >= 4 is 17.8 Å². The standard InChI is InChI=1S/C10H9N5O3/c1-14-5-12-13-10(14)7-2-3-8(11-6-16)9(4-7)15(17)18/h2-6H,1H3,(H,11,16). The van der Waals surface area contributed by atoms with Crippen LogP contribution in [0.5, 0.6) is 0 Å². The van der Waals surface area contributed by atoms with Crippen LogP contribution in [0.15, 0.2) is 24.5 Å². The highest BCUT2D eigenvalue weighted by molar-refractivity contribution is 5.80. The van der Waals surface area contributed by atoms with Crippen molar-refractivity contribution in [1.82, 2.24) is 14.8 Å². The van der Waals surface area contributed by atoms with Crippen LogP contribution in [0.25, 0.3) is 11.4 Å². The summed E-state index contributed by atoms with van der Waals surface area (Å²) < 4.78 is 1.64. The van der Waals surface area contributed by atoms with Crippen LogP contribution in [-0.2, 0) is 11.8 Å². The van der Waals surface area contributed by atoms with E-state index in [2.05, 4.69) is 15.5 Å². The van der Waals surface area contributed by atoms with Crippen LogP contribution in [-0.4, -0.2) is 26.1 Å². The number of hydrogen-bond acceptors (Lipinski definition) is 5. The van der Waals surface area contributed by atoms with Gasteiger partial charge in [0.15, 0.2) is 5.82 Å². The van der Waals surface area contributed by atoms with Crippen molar-refractivity contribution in [2.75, 3.05) is 5.32 Å². The van der Waals surface area contributed by atoms with Gasteiger partial charge in [0.25, 0.3) is 5.69 Å². The minimum atomic E-state index is -0.564. The highest BCUT2D eigenvalue weighted by atomic mass is 16.6. The number of aryl methyl sites for hydroxylation is 1. The predicted octanol–water partition coefficient (Wildman–Crippen LogP) is 0.959. The molecule has 2 aromatic rings. The van der Waals surface area contributed by atoms with Crippen LogP contribution < -0.4 is 5.32 Å². The maximum Gasteiger partial charge on any atom is 0.293 e. The number of nitrogens with zero attached hydrogens (tertiary/aromatic N) is 4. The Labute approximate surface area is 101 Å². The number of carbonyl (C=O) groups is 1. The molecule has 0 radical (unpaired) electrons. The van der Waals surface area contributed by atoms with Crippen molar-refractivity contribution in [3.05, 3.63) is 34.6 Å². The Bertz CT molecular complexity index is 607. The third-order valence-corrected chi connectivity index (χ3v) is 2.38. The summed E-state index contributed by atoms with van der Waals surface area (Å²) in [4.78, 5) is 20.7. The van der Waals surface area contributed by atoms with Crippen molar-refractivity contribution in [2.45, 2.75) is 0 Å². The van der Waals surface area contributed by atoms with Crippen molar-refractivity contribution in [2.24, 2.45) is 7.05 Å². The van der Waals surface area contributed by atoms with Crippen molar-refractivity contribution in [3.63, 3.8) is 0 Å². The molecule has 0 aliphatic heterocycles. The Morgan fingerprint density at radius 1 is 1.50 bits per heavy atom. The number of rotatable bonds is 4. The largest absolute Gasteiger partial charge is 0.323 e. The molecule has 0 saturated carbocycles. The fourth-order valence-electron chi connectivity index (χ4n) is 1.55. The van der Waals surface area contributed by atoms with E-state index in [4.69, 9.17) is 0 Å². The van der Waals surface area contributed by atoms with Gasteiger partial charge in [-0.1, -0.05) is 0 Å². The molecular weight excluding hydrogens is 238 g/mol. The van der Waals surface area contributed by atoms with Crippen LogP contribution in [0.4, 0.5) is 11.4 Å². The number of nitrogens with one attached hydrogen (secondary N) is 1. The molecule has 1 aromatic heterocycles. The summed E-state index contributed by atoms with van der Waals surface area (Å²) in [6.45, 7) is 0. The smallest absolute Gasteiger partial charge is 0.293 e. The van der Waals surface area contributed by atoms with Crippen molar-refractivity contribution in [3.8, 4) is 11.4 Å². The van der Waals surface area contributed by atoms with Gasteiger partial charge in [0.2, 0.25) is 6.41 Å². The fraction of sp³-hybridized carbons (Fsp3) is 0.100. The highest BCUT2D eigenvalue weighted by Crippen LogP contribution is 2.29. The van der Waals surface area contributed by atoms with E-state index < -0.39 is 4.92 Å². The van der Waals surface area contributed by atoms with Gasteiger partial charge in [0.05, 0.1) is 4.92 Å². The zero-order valence-corrected chi connectivity index (χ0v) is 9.40. The van der Waals surface area contributed by atoms with Crippen LogP contribution >= 0.6 is 0 Å². The second-order valence-corrected chi connectivity index (χ2v) is 3.52. The summed E-state index contributed by atoms with van der Waals surface area (Å²) in [6.07, 6.45) is 1.89. The Balaban J connectivity index is 2.53. The van der Waals surface area contributed by atoms with E-state index in [0.717, 1.165) is 0 Å². The molecule has 8 nitrogen and oxygen atoms in total. The molecule has 0 fully saturated rings. The summed E-state index contributed by atoms with van der Waals surface area (Å²) in [5, 5.41) is 20.8. The molecule has 0 aliphatic carbocycles. The second-order valence-electron chi connectivity index (χ2n) is 3.52. The summed E-state index contributed by atoms with van der Waals surface area (Å²) in [7, 11) is 1.73. The van der Waals surface area contributed by atoms with E-state index in [1.807, 2.05) is 0 Å². The number of aromatic nitrogens is 3. The van der Waals surface area contributed by atoms with Gasteiger partial charge in [0, 0.05) is 18.7 Å². The van der Waals surface area contributed by atoms with E-state index in [0.29, 0.717) is 17.8 Å². The molecule has 0 unspecified atom stereocenters. The zero-order valence-electron chi connectivity index (χ0n) is 9.40. The van der Waals surface area contributed by atoms with Gasteiger partial charge >= 0.3 is 0 Å². The number of anilines is 1. The van der Waals surface area contributed by atoms with Crippen LogP contribution in [0.1, 0.15) is 0 Å². The first-order valence-electron chi connectivity index (χ1n) is 4.96. The van der Waals surface area contributed by atoms with E-state index >= 15 is 0 Å². The number of nitro benzene ring substituents is 1. The van der Waals surface area contributed by atoms with E-state index in [9.17, 15) is 14.9 Å². The SMILES string of the molecule is Cn1cnnc1-c1ccc(NC=O)c([N+](=O)[O-])c1. The molecule has 1 heterocycles. The van der Waals surface area contributed by atoms with Gasteiger partial charge in [0.1, 0.15) is 12.0 Å². The van der Waals surface area contributed by atoms with E-state index in [1.165, 1.54) is 18.5 Å². The molecule has 0 spiro atoms. The van der Waals surface area contributed by atoms with E-state index in [-0.39, 0.29) is 11.4 Å². The molecule has 0 saturated heterocycles. The number of nitro groups is 1. The molecule has 8 heteroatoms. The van der Waals surface area contributed by atoms with Crippen LogP contribution in [0.3, 0.4) is 0 Å². The average molecular weight is 247 g/mol. The van der Waals surface area contributed by atoms with E-state index in [1.54, 1.807) is 17.7 Å². The van der Waals surface area contributed by atoms with Gasteiger partial charge < -0.3 is 9.88 Å². The molecule has 0 aliphatic rings. The number of hydrogen-bond donors (Lipinski definition) is 1. The lowest BCUT2D eigenvalue weighted by atomic mass is 10.1. The van der Waals surface area contributed by atoms with Gasteiger partial charge in [-0.3, -0.25) is 14.9 Å². The number of benzene rings is 1. The third-order valence-electron chi connectivity index (χ3n) is 2.38. The highest BCUT2D eigenvalue weighted by Gasteiger charge is 2.16. The Hall–Kier alpha value is -2.77. The molecule has 1 aromatic carbocycles. The molecule has 18 heavy (non-hydrogen) atoms. The lowest BCUT2D eigenvalue weighted by Gasteiger charge is -2.04. The summed E-state index contributed by atoms with van der Waals surface area (Å²) in [5.74, 6) is 0.510. The average Bonchev–Trinajstić information content (AvgIpc) is 2.76. The minimum absolute atomic E-state index is 0.140. The monoisotopic (exact) mass is 247 g/mol. The molecule has 92 valence electrons. The van der Waals surface area contributed by atoms with Crippen molar-refractivity contribution in [1.29, 1.82) is 0 Å². The first-order chi connectivity index (χ1) is 8.63. The summed E-state index contributed by atoms with van der Waals surface area (Å²) in [6, 6.07) is 4.43. The Morgan fingerprint density at radius 2 is 2.28 bits per heavy atom. The Kier molecular flexibility index (Phi) is 3.00. The fourth-order valence-corrected chi connectivity index (χ4v) is 1.55. The van der Waals surface area contributed by atoms with Gasteiger partial charge in [-0.05, 0) is 12.1 Å². The lowest BCUT2D eigenvalue weighted by Crippen LogP contribution is -2.00. The van der Waals surface area contributed by atoms with Gasteiger partial charge in [-0.15, -0.1) is 10.2 Å². The summed E-state index contributed by atoms with van der Waals surface area (Å²) >= 11 is 0. The lowest BCUT2D eigenvalue weighted by molar-refractivity contribution is -0.383. The number of amides is 1. The van der Waals surface area contributed by atoms with Gasteiger partial charge in [-0.2, -0.15) is 0 Å². The minimum Gasteiger partial charge on any atom is -0.323 e. The normalized spacial score (nSPS) is 10.1. The van der Waals surface area contributed by atoms with Crippen molar-refractivity contribution < 1.29 is 9.72 Å². The topological polar surface area (TPSA) is 103 Å². The third kappa shape index (κ3) is 2.03. The predicted molar refractivity (Wildman–Crippen MR) is 62.8 cm³/mol. The quantitative estimate of drug-likeness (QED) is 0.492. The molecule has 0 atom stereocenters. The molecule has 0 bridgehead atoms. The first kappa shape index (κ1) is 11.7. The number of carbonyl (C=O) groups excluding carboxylic acids is 1. The molecule has 1 N–H and O–H groups in total. The van der Waals surface area contributed by atoms with Crippen LogP contribution in [0.2, 0.25) is 0 Å².